The van der Waals surface area contributed by atoms with Crippen molar-refractivity contribution < 1.29 is 9.53 Å². The van der Waals surface area contributed by atoms with Crippen LogP contribution >= 0.6 is 12.4 Å². The molecule has 0 saturated carbocycles. The maximum absolute atomic E-state index is 12.8. The van der Waals surface area contributed by atoms with E-state index in [4.69, 9.17) is 10.5 Å². The van der Waals surface area contributed by atoms with Crippen molar-refractivity contribution in [3.8, 4) is 5.75 Å². The van der Waals surface area contributed by atoms with Crippen LogP contribution in [-0.4, -0.2) is 37.0 Å². The van der Waals surface area contributed by atoms with Gasteiger partial charge in [-0.25, -0.2) is 0 Å². The Kier molecular flexibility index (Phi) is 5.27. The number of amides is 1. The number of ether oxygens (including phenoxy) is 1. The zero-order valence-electron chi connectivity index (χ0n) is 12.6. The highest BCUT2D eigenvalue weighted by Crippen LogP contribution is 2.29. The van der Waals surface area contributed by atoms with Crippen LogP contribution in [0.3, 0.4) is 0 Å². The average Bonchev–Trinajstić information content (AvgIpc) is 2.54. The van der Waals surface area contributed by atoms with Crippen LogP contribution in [0.1, 0.15) is 23.2 Å². The average molecular weight is 321 g/mol. The Balaban J connectivity index is 0.00000176. The molecule has 0 spiro atoms. The molecule has 0 bridgehead atoms. The highest BCUT2D eigenvalue weighted by Gasteiger charge is 2.23. The molecule has 1 fully saturated rings. The number of methoxy groups -OCH3 is 1. The van der Waals surface area contributed by atoms with Gasteiger partial charge in [-0.2, -0.15) is 0 Å². The summed E-state index contributed by atoms with van der Waals surface area (Å²) in [4.78, 5) is 14.7. The van der Waals surface area contributed by atoms with Crippen LogP contribution in [0.15, 0.2) is 36.4 Å². The zero-order valence-corrected chi connectivity index (χ0v) is 13.4. The maximum atomic E-state index is 12.8. The number of rotatable bonds is 2. The first-order chi connectivity index (χ1) is 10.2. The molecule has 1 saturated heterocycles. The molecule has 22 heavy (non-hydrogen) atoms. The molecule has 0 radical (unpaired) electrons. The number of hydrogen-bond donors (Lipinski definition) is 1. The number of carbonyl (C=O) groups is 1. The molecule has 0 aliphatic carbocycles. The van der Waals surface area contributed by atoms with E-state index in [1.54, 1.807) is 7.11 Å². The quantitative estimate of drug-likeness (QED) is 0.925. The predicted molar refractivity (Wildman–Crippen MR) is 90.9 cm³/mol. The Morgan fingerprint density at radius 1 is 1.14 bits per heavy atom. The van der Waals surface area contributed by atoms with Gasteiger partial charge in [0.15, 0.2) is 0 Å². The molecule has 2 aromatic carbocycles. The Morgan fingerprint density at radius 2 is 1.77 bits per heavy atom. The van der Waals surface area contributed by atoms with E-state index in [9.17, 15) is 4.79 Å². The number of piperidine rings is 1. The van der Waals surface area contributed by atoms with Crippen LogP contribution in [0.4, 0.5) is 0 Å². The minimum Gasteiger partial charge on any atom is -0.496 e. The van der Waals surface area contributed by atoms with Crippen molar-refractivity contribution >= 4 is 29.1 Å². The Bertz CT molecular complexity index is 667. The molecule has 5 heteroatoms. The summed E-state index contributed by atoms with van der Waals surface area (Å²) in [5.41, 5.74) is 6.65. The smallest absolute Gasteiger partial charge is 0.254 e. The number of halogens is 1. The maximum Gasteiger partial charge on any atom is 0.254 e. The summed E-state index contributed by atoms with van der Waals surface area (Å²) in [6.07, 6.45) is 1.75. The molecular formula is C17H21ClN2O2. The van der Waals surface area contributed by atoms with Crippen molar-refractivity contribution in [3.05, 3.63) is 42.0 Å². The molecule has 3 rings (SSSR count). The first-order valence-electron chi connectivity index (χ1n) is 7.31. The summed E-state index contributed by atoms with van der Waals surface area (Å²) in [7, 11) is 1.65. The summed E-state index contributed by atoms with van der Waals surface area (Å²) >= 11 is 0. The summed E-state index contributed by atoms with van der Waals surface area (Å²) in [6, 6.07) is 11.8. The van der Waals surface area contributed by atoms with Gasteiger partial charge in [0.05, 0.1) is 7.11 Å². The number of benzene rings is 2. The molecule has 0 atom stereocenters. The topological polar surface area (TPSA) is 55.6 Å². The van der Waals surface area contributed by atoms with E-state index in [-0.39, 0.29) is 24.4 Å². The van der Waals surface area contributed by atoms with Gasteiger partial charge in [0.2, 0.25) is 0 Å². The van der Waals surface area contributed by atoms with Gasteiger partial charge in [-0.1, -0.05) is 24.3 Å². The minimum atomic E-state index is 0. The van der Waals surface area contributed by atoms with Crippen LogP contribution in [0.25, 0.3) is 10.8 Å². The molecular weight excluding hydrogens is 300 g/mol. The van der Waals surface area contributed by atoms with Gasteiger partial charge in [0.25, 0.3) is 5.91 Å². The fourth-order valence-electron chi connectivity index (χ4n) is 2.91. The van der Waals surface area contributed by atoms with E-state index in [1.807, 2.05) is 41.3 Å². The van der Waals surface area contributed by atoms with Crippen molar-refractivity contribution in [2.75, 3.05) is 20.2 Å². The van der Waals surface area contributed by atoms with Crippen LogP contribution in [-0.2, 0) is 0 Å². The van der Waals surface area contributed by atoms with E-state index in [0.717, 1.165) is 48.0 Å². The number of carbonyl (C=O) groups excluding carboxylic acids is 1. The number of nitrogens with two attached hydrogens (primary N) is 1. The summed E-state index contributed by atoms with van der Waals surface area (Å²) in [6.45, 7) is 1.47. The first kappa shape index (κ1) is 16.6. The number of nitrogens with zero attached hydrogens (tertiary/aromatic N) is 1. The molecule has 1 aliphatic heterocycles. The minimum absolute atomic E-state index is 0. The van der Waals surface area contributed by atoms with Gasteiger partial charge in [-0.15, -0.1) is 12.4 Å². The molecule has 2 N–H and O–H groups in total. The summed E-state index contributed by atoms with van der Waals surface area (Å²) in [5, 5.41) is 1.91. The monoisotopic (exact) mass is 320 g/mol. The fourth-order valence-corrected chi connectivity index (χ4v) is 2.91. The van der Waals surface area contributed by atoms with E-state index < -0.39 is 0 Å². The number of fused-ring (bicyclic) bond motifs is 1. The van der Waals surface area contributed by atoms with Crippen molar-refractivity contribution in [3.63, 3.8) is 0 Å². The molecule has 4 nitrogen and oxygen atoms in total. The van der Waals surface area contributed by atoms with Crippen LogP contribution in [0.2, 0.25) is 0 Å². The second kappa shape index (κ2) is 6.99. The molecule has 0 unspecified atom stereocenters. The lowest BCUT2D eigenvalue weighted by Gasteiger charge is -2.30. The molecule has 0 aromatic heterocycles. The van der Waals surface area contributed by atoms with Gasteiger partial charge in [-0.3, -0.25) is 4.79 Å². The van der Waals surface area contributed by atoms with Gasteiger partial charge < -0.3 is 15.4 Å². The number of likely N-dealkylation sites (tertiary alicyclic amines) is 1. The van der Waals surface area contributed by atoms with Gasteiger partial charge >= 0.3 is 0 Å². The fraction of sp³-hybridized carbons (Fsp3) is 0.353. The molecule has 1 heterocycles. The standard InChI is InChI=1S/C17H20N2O2.ClH/c1-21-16-7-6-15(13-4-2-3-5-14(13)16)17(20)19-10-8-12(18)9-11-19;/h2-7,12H,8-11,18H2,1H3;1H. The van der Waals surface area contributed by atoms with Crippen LogP contribution in [0.5, 0.6) is 5.75 Å². The van der Waals surface area contributed by atoms with Crippen LogP contribution < -0.4 is 10.5 Å². The highest BCUT2D eigenvalue weighted by molar-refractivity contribution is 6.08. The lowest BCUT2D eigenvalue weighted by molar-refractivity contribution is 0.0717. The molecule has 1 aliphatic rings. The summed E-state index contributed by atoms with van der Waals surface area (Å²) < 4.78 is 5.38. The van der Waals surface area contributed by atoms with Crippen molar-refractivity contribution in [2.45, 2.75) is 18.9 Å². The Hall–Kier alpha value is -1.78. The summed E-state index contributed by atoms with van der Waals surface area (Å²) in [5.74, 6) is 0.878. The predicted octanol–water partition coefficient (Wildman–Crippen LogP) is 2.83. The van der Waals surface area contributed by atoms with Crippen molar-refractivity contribution in [1.29, 1.82) is 0 Å². The van der Waals surface area contributed by atoms with Crippen molar-refractivity contribution in [2.24, 2.45) is 5.73 Å². The van der Waals surface area contributed by atoms with E-state index in [1.165, 1.54) is 0 Å². The van der Waals surface area contributed by atoms with Gasteiger partial charge in [-0.05, 0) is 30.4 Å². The SMILES string of the molecule is COc1ccc(C(=O)N2CCC(N)CC2)c2ccccc12.Cl. The van der Waals surface area contributed by atoms with Crippen molar-refractivity contribution in [1.82, 2.24) is 4.90 Å². The third-order valence-corrected chi connectivity index (χ3v) is 4.16. The molecule has 2 aromatic rings. The Morgan fingerprint density at radius 3 is 2.41 bits per heavy atom. The normalized spacial score (nSPS) is 15.5. The lowest BCUT2D eigenvalue weighted by atomic mass is 10.0. The zero-order chi connectivity index (χ0) is 14.8. The van der Waals surface area contributed by atoms with Gasteiger partial charge in [0, 0.05) is 30.1 Å². The first-order valence-corrected chi connectivity index (χ1v) is 7.31. The number of hydrogen-bond acceptors (Lipinski definition) is 3. The molecule has 1 amide bonds. The third-order valence-electron chi connectivity index (χ3n) is 4.16. The highest BCUT2D eigenvalue weighted by atomic mass is 35.5. The van der Waals surface area contributed by atoms with E-state index >= 15 is 0 Å². The van der Waals surface area contributed by atoms with Crippen LogP contribution in [0, 0.1) is 0 Å². The van der Waals surface area contributed by atoms with E-state index in [0.29, 0.717) is 0 Å². The third kappa shape index (κ3) is 3.03. The molecule has 118 valence electrons. The largest absolute Gasteiger partial charge is 0.496 e. The lowest BCUT2D eigenvalue weighted by Crippen LogP contribution is -2.42. The Labute approximate surface area is 136 Å². The second-order valence-electron chi connectivity index (χ2n) is 5.49. The van der Waals surface area contributed by atoms with Gasteiger partial charge in [0.1, 0.15) is 5.75 Å². The second-order valence-corrected chi connectivity index (χ2v) is 5.49. The van der Waals surface area contributed by atoms with E-state index in [2.05, 4.69) is 0 Å².